The van der Waals surface area contributed by atoms with Gasteiger partial charge in [0, 0.05) is 5.69 Å². The maximum atomic E-state index is 12.5. The number of amides is 1. The van der Waals surface area contributed by atoms with Crippen LogP contribution in [-0.4, -0.2) is 5.91 Å². The Balaban J connectivity index is 2.08. The highest BCUT2D eigenvalue weighted by Gasteiger charge is 2.18. The van der Waals surface area contributed by atoms with Crippen molar-refractivity contribution in [1.29, 1.82) is 0 Å². The van der Waals surface area contributed by atoms with Crippen molar-refractivity contribution in [3.63, 3.8) is 0 Å². The third-order valence-electron chi connectivity index (χ3n) is 3.23. The fourth-order valence-electron chi connectivity index (χ4n) is 2.23. The summed E-state index contributed by atoms with van der Waals surface area (Å²) in [5.41, 5.74) is 0.839. The van der Waals surface area contributed by atoms with Crippen molar-refractivity contribution in [2.75, 3.05) is 5.32 Å². The first-order valence-electron chi connectivity index (χ1n) is 6.55. The molecule has 0 aliphatic rings. The van der Waals surface area contributed by atoms with Crippen LogP contribution < -0.4 is 10.7 Å². The molecule has 2 aromatic carbocycles. The predicted molar refractivity (Wildman–Crippen MR) is 81.6 cm³/mol. The molecule has 1 heterocycles. The maximum absolute atomic E-state index is 12.5. The largest absolute Gasteiger partial charge is 0.460 e. The van der Waals surface area contributed by atoms with E-state index >= 15 is 0 Å². The van der Waals surface area contributed by atoms with E-state index in [1.165, 1.54) is 0 Å². The number of carbonyl (C=O) groups is 1. The van der Waals surface area contributed by atoms with Crippen molar-refractivity contribution in [1.82, 2.24) is 0 Å². The van der Waals surface area contributed by atoms with Gasteiger partial charge >= 0.3 is 0 Å². The molecule has 0 atom stereocenters. The number of rotatable bonds is 2. The molecule has 0 aliphatic carbocycles. The van der Waals surface area contributed by atoms with Crippen LogP contribution in [0, 0.1) is 6.92 Å². The Hall–Kier alpha value is -2.88. The Kier molecular flexibility index (Phi) is 3.28. The maximum Gasteiger partial charge on any atom is 0.263 e. The number of hydrogen-bond donors (Lipinski definition) is 1. The summed E-state index contributed by atoms with van der Waals surface area (Å²) in [6, 6.07) is 15.9. The van der Waals surface area contributed by atoms with Crippen molar-refractivity contribution in [3.05, 3.63) is 76.1 Å². The van der Waals surface area contributed by atoms with Crippen LogP contribution in [0.15, 0.2) is 63.8 Å². The van der Waals surface area contributed by atoms with Crippen LogP contribution in [0.5, 0.6) is 0 Å². The minimum atomic E-state index is -0.460. The summed E-state index contributed by atoms with van der Waals surface area (Å²) >= 11 is 0. The summed E-state index contributed by atoms with van der Waals surface area (Å²) in [7, 11) is 0. The minimum Gasteiger partial charge on any atom is -0.460 e. The Bertz CT molecular complexity index is 866. The molecule has 0 saturated carbocycles. The lowest BCUT2D eigenvalue weighted by Crippen LogP contribution is -2.23. The first kappa shape index (κ1) is 13.1. The molecule has 0 unspecified atom stereocenters. The SMILES string of the molecule is Cc1oc2ccccc2c(=O)c1C(=O)Nc1ccccc1. The van der Waals surface area contributed by atoms with Gasteiger partial charge in [-0.25, -0.2) is 0 Å². The van der Waals surface area contributed by atoms with Gasteiger partial charge in [-0.1, -0.05) is 30.3 Å². The number of carbonyl (C=O) groups excluding carboxylic acids is 1. The standard InChI is InChI=1S/C17H13NO3/c1-11-15(17(20)18-12-7-3-2-4-8-12)16(19)13-9-5-6-10-14(13)21-11/h2-10H,1H3,(H,18,20). The van der Waals surface area contributed by atoms with Crippen LogP contribution in [0.4, 0.5) is 5.69 Å². The Morgan fingerprint density at radius 1 is 1.00 bits per heavy atom. The summed E-state index contributed by atoms with van der Waals surface area (Å²) in [6.07, 6.45) is 0. The highest BCUT2D eigenvalue weighted by Crippen LogP contribution is 2.16. The molecule has 0 bridgehead atoms. The highest BCUT2D eigenvalue weighted by atomic mass is 16.3. The van der Waals surface area contributed by atoms with E-state index in [9.17, 15) is 9.59 Å². The summed E-state index contributed by atoms with van der Waals surface area (Å²) in [5, 5.41) is 3.11. The summed E-state index contributed by atoms with van der Waals surface area (Å²) < 4.78 is 5.57. The first-order chi connectivity index (χ1) is 10.2. The van der Waals surface area contributed by atoms with Gasteiger partial charge in [0.1, 0.15) is 16.9 Å². The van der Waals surface area contributed by atoms with Crippen LogP contribution in [-0.2, 0) is 0 Å². The van der Waals surface area contributed by atoms with Crippen molar-refractivity contribution in [3.8, 4) is 0 Å². The lowest BCUT2D eigenvalue weighted by molar-refractivity contribution is 0.102. The molecule has 3 rings (SSSR count). The number of benzene rings is 2. The molecule has 4 heteroatoms. The second-order valence-corrected chi connectivity index (χ2v) is 4.68. The lowest BCUT2D eigenvalue weighted by Gasteiger charge is -2.07. The van der Waals surface area contributed by atoms with Gasteiger partial charge in [0.2, 0.25) is 5.43 Å². The Morgan fingerprint density at radius 3 is 2.43 bits per heavy atom. The van der Waals surface area contributed by atoms with Crippen molar-refractivity contribution in [2.24, 2.45) is 0 Å². The van der Waals surface area contributed by atoms with Gasteiger partial charge in [0.25, 0.3) is 5.91 Å². The van der Waals surface area contributed by atoms with E-state index in [4.69, 9.17) is 4.42 Å². The quantitative estimate of drug-likeness (QED) is 0.782. The molecule has 4 nitrogen and oxygen atoms in total. The van der Waals surface area contributed by atoms with Gasteiger partial charge in [0.05, 0.1) is 5.39 Å². The summed E-state index contributed by atoms with van der Waals surface area (Å²) in [5.74, 6) is -0.148. The Morgan fingerprint density at radius 2 is 1.67 bits per heavy atom. The van der Waals surface area contributed by atoms with Crippen LogP contribution >= 0.6 is 0 Å². The Labute approximate surface area is 121 Å². The van der Waals surface area contributed by atoms with E-state index in [1.807, 2.05) is 18.2 Å². The number of para-hydroxylation sites is 2. The molecule has 0 saturated heterocycles. The second kappa shape index (κ2) is 5.25. The van der Waals surface area contributed by atoms with Gasteiger partial charge in [0.15, 0.2) is 0 Å². The van der Waals surface area contributed by atoms with Gasteiger partial charge < -0.3 is 9.73 Å². The third kappa shape index (κ3) is 2.43. The van der Waals surface area contributed by atoms with Gasteiger partial charge in [-0.2, -0.15) is 0 Å². The van der Waals surface area contributed by atoms with E-state index in [-0.39, 0.29) is 11.0 Å². The zero-order valence-corrected chi connectivity index (χ0v) is 11.4. The van der Waals surface area contributed by atoms with Gasteiger partial charge in [-0.15, -0.1) is 0 Å². The predicted octanol–water partition coefficient (Wildman–Crippen LogP) is 3.35. The molecule has 1 N–H and O–H groups in total. The molecule has 0 spiro atoms. The average Bonchev–Trinajstić information content (AvgIpc) is 2.48. The smallest absolute Gasteiger partial charge is 0.263 e. The number of fused-ring (bicyclic) bond motifs is 1. The molecular weight excluding hydrogens is 266 g/mol. The van der Waals surface area contributed by atoms with Crippen LogP contribution in [0.25, 0.3) is 11.0 Å². The van der Waals surface area contributed by atoms with Crippen LogP contribution in [0.1, 0.15) is 16.1 Å². The van der Waals surface area contributed by atoms with E-state index in [0.717, 1.165) is 0 Å². The second-order valence-electron chi connectivity index (χ2n) is 4.68. The molecule has 1 amide bonds. The third-order valence-corrected chi connectivity index (χ3v) is 3.23. The normalized spacial score (nSPS) is 10.5. The van der Waals surface area contributed by atoms with Crippen LogP contribution in [0.2, 0.25) is 0 Å². The lowest BCUT2D eigenvalue weighted by atomic mass is 10.1. The first-order valence-corrected chi connectivity index (χ1v) is 6.55. The number of nitrogens with one attached hydrogen (secondary N) is 1. The van der Waals surface area contributed by atoms with Crippen LogP contribution in [0.3, 0.4) is 0 Å². The molecular formula is C17H13NO3. The minimum absolute atomic E-state index is 0.0394. The van der Waals surface area contributed by atoms with Gasteiger partial charge in [-0.3, -0.25) is 9.59 Å². The van der Waals surface area contributed by atoms with Crippen molar-refractivity contribution >= 4 is 22.6 Å². The van der Waals surface area contributed by atoms with Crippen molar-refractivity contribution < 1.29 is 9.21 Å². The zero-order chi connectivity index (χ0) is 14.8. The highest BCUT2D eigenvalue weighted by molar-refractivity contribution is 6.06. The fraction of sp³-hybridized carbons (Fsp3) is 0.0588. The molecule has 0 radical (unpaired) electrons. The number of aryl methyl sites for hydroxylation is 1. The molecule has 0 fully saturated rings. The monoisotopic (exact) mass is 279 g/mol. The van der Waals surface area contributed by atoms with Crippen molar-refractivity contribution in [2.45, 2.75) is 6.92 Å². The molecule has 21 heavy (non-hydrogen) atoms. The average molecular weight is 279 g/mol. The zero-order valence-electron chi connectivity index (χ0n) is 11.4. The molecule has 0 aliphatic heterocycles. The van der Waals surface area contributed by atoms with E-state index in [1.54, 1.807) is 43.3 Å². The van der Waals surface area contributed by atoms with E-state index in [0.29, 0.717) is 22.4 Å². The van der Waals surface area contributed by atoms with E-state index < -0.39 is 5.91 Å². The number of hydrogen-bond acceptors (Lipinski definition) is 3. The van der Waals surface area contributed by atoms with Gasteiger partial charge in [-0.05, 0) is 31.2 Å². The number of anilines is 1. The summed E-state index contributed by atoms with van der Waals surface area (Å²) in [6.45, 7) is 1.62. The van der Waals surface area contributed by atoms with E-state index in [2.05, 4.69) is 5.32 Å². The molecule has 1 aromatic heterocycles. The fourth-order valence-corrected chi connectivity index (χ4v) is 2.23. The molecule has 104 valence electrons. The molecule has 3 aromatic rings. The topological polar surface area (TPSA) is 59.3 Å². The summed E-state index contributed by atoms with van der Waals surface area (Å²) in [4.78, 5) is 24.8.